The van der Waals surface area contributed by atoms with Crippen molar-refractivity contribution in [2.45, 2.75) is 50.4 Å². The Labute approximate surface area is 114 Å². The van der Waals surface area contributed by atoms with Crippen molar-refractivity contribution in [2.75, 3.05) is 5.75 Å². The molecule has 0 spiro atoms. The fraction of sp³-hybridized carbons (Fsp3) is 0.900. The van der Waals surface area contributed by atoms with Gasteiger partial charge in [0.25, 0.3) is 0 Å². The molecule has 120 valence electrons. The van der Waals surface area contributed by atoms with Crippen LogP contribution in [-0.2, 0) is 4.79 Å². The molecular formula is C10H12F8OS. The van der Waals surface area contributed by atoms with Gasteiger partial charge >= 0.3 is 18.3 Å². The van der Waals surface area contributed by atoms with Gasteiger partial charge in [-0.15, -0.1) is 0 Å². The standard InChI is InChI=1S/C10H12F8OS/c1-2-6(19)20-4-3-5(11)9(15,16)7(12)10(17,18)8(13)14/h5,7-8H,2-4H2,1H3. The predicted molar refractivity (Wildman–Crippen MR) is 58.1 cm³/mol. The Balaban J connectivity index is 4.65. The first kappa shape index (κ1) is 19.5. The van der Waals surface area contributed by atoms with Crippen LogP contribution in [0.2, 0.25) is 0 Å². The second kappa shape index (κ2) is 7.46. The summed E-state index contributed by atoms with van der Waals surface area (Å²) in [5.74, 6) is -11.4. The van der Waals surface area contributed by atoms with Gasteiger partial charge in [-0.1, -0.05) is 18.7 Å². The van der Waals surface area contributed by atoms with Gasteiger partial charge in [0, 0.05) is 12.2 Å². The summed E-state index contributed by atoms with van der Waals surface area (Å²) in [5, 5.41) is -0.449. The van der Waals surface area contributed by atoms with E-state index in [4.69, 9.17) is 0 Å². The minimum atomic E-state index is -5.65. The molecule has 0 radical (unpaired) electrons. The van der Waals surface area contributed by atoms with Crippen LogP contribution in [-0.4, -0.2) is 41.5 Å². The van der Waals surface area contributed by atoms with Gasteiger partial charge < -0.3 is 0 Å². The minimum Gasteiger partial charge on any atom is -0.287 e. The molecule has 0 saturated carbocycles. The molecule has 0 aromatic heterocycles. The highest BCUT2D eigenvalue weighted by Crippen LogP contribution is 2.41. The number of alkyl halides is 8. The number of carbonyl (C=O) groups excluding carboxylic acids is 1. The third kappa shape index (κ3) is 4.78. The number of thioether (sulfide) groups is 1. The van der Waals surface area contributed by atoms with Crippen LogP contribution in [0.15, 0.2) is 0 Å². The zero-order chi connectivity index (χ0) is 16.1. The molecule has 0 fully saturated rings. The van der Waals surface area contributed by atoms with E-state index in [2.05, 4.69) is 0 Å². The van der Waals surface area contributed by atoms with Crippen molar-refractivity contribution in [1.82, 2.24) is 0 Å². The lowest BCUT2D eigenvalue weighted by atomic mass is 10.0. The van der Waals surface area contributed by atoms with Crippen LogP contribution in [0.3, 0.4) is 0 Å². The van der Waals surface area contributed by atoms with Crippen LogP contribution in [0.4, 0.5) is 35.1 Å². The van der Waals surface area contributed by atoms with Gasteiger partial charge in [0.15, 0.2) is 11.3 Å². The minimum absolute atomic E-state index is 0.0488. The Morgan fingerprint density at radius 3 is 1.95 bits per heavy atom. The van der Waals surface area contributed by atoms with E-state index in [0.29, 0.717) is 11.8 Å². The quantitative estimate of drug-likeness (QED) is 0.618. The Morgan fingerprint density at radius 2 is 1.55 bits per heavy atom. The third-order valence-electron chi connectivity index (χ3n) is 2.31. The summed E-state index contributed by atoms with van der Waals surface area (Å²) in [6.45, 7) is 1.46. The summed E-state index contributed by atoms with van der Waals surface area (Å²) < 4.78 is 100. The Bertz CT molecular complexity index is 322. The van der Waals surface area contributed by atoms with Gasteiger partial charge in [0.05, 0.1) is 0 Å². The molecule has 0 heterocycles. The Kier molecular flexibility index (Phi) is 7.26. The first-order chi connectivity index (χ1) is 8.97. The zero-order valence-electron chi connectivity index (χ0n) is 10.2. The second-order valence-electron chi connectivity index (χ2n) is 3.84. The van der Waals surface area contributed by atoms with E-state index in [1.807, 2.05) is 0 Å². The molecule has 0 amide bonds. The number of rotatable bonds is 8. The van der Waals surface area contributed by atoms with Gasteiger partial charge in [-0.05, 0) is 6.42 Å². The van der Waals surface area contributed by atoms with E-state index in [9.17, 15) is 39.9 Å². The molecule has 0 saturated heterocycles. The molecule has 2 atom stereocenters. The number of hydrogen-bond donors (Lipinski definition) is 0. The lowest BCUT2D eigenvalue weighted by molar-refractivity contribution is -0.246. The molecule has 1 nitrogen and oxygen atoms in total. The topological polar surface area (TPSA) is 17.1 Å². The summed E-state index contributed by atoms with van der Waals surface area (Å²) in [6.07, 6.45) is -13.8. The summed E-state index contributed by atoms with van der Waals surface area (Å²) in [4.78, 5) is 10.8. The number of hydrogen-bond acceptors (Lipinski definition) is 2. The zero-order valence-corrected chi connectivity index (χ0v) is 11.0. The number of carbonyl (C=O) groups is 1. The Morgan fingerprint density at radius 1 is 1.05 bits per heavy atom. The lowest BCUT2D eigenvalue weighted by Gasteiger charge is -2.29. The smallest absolute Gasteiger partial charge is 0.287 e. The van der Waals surface area contributed by atoms with Crippen molar-refractivity contribution in [3.05, 3.63) is 0 Å². The average Bonchev–Trinajstić information content (AvgIpc) is 2.36. The SMILES string of the molecule is CCC(=O)SCCC(F)C(F)(F)C(F)C(F)(F)C(F)F. The maximum absolute atomic E-state index is 13.1. The van der Waals surface area contributed by atoms with Crippen LogP contribution in [0.25, 0.3) is 0 Å². The van der Waals surface area contributed by atoms with Crippen molar-refractivity contribution in [1.29, 1.82) is 0 Å². The maximum Gasteiger partial charge on any atom is 0.343 e. The van der Waals surface area contributed by atoms with Gasteiger partial charge in [0.1, 0.15) is 0 Å². The van der Waals surface area contributed by atoms with Gasteiger partial charge in [-0.2, -0.15) is 17.6 Å². The average molecular weight is 332 g/mol. The highest BCUT2D eigenvalue weighted by Gasteiger charge is 2.64. The van der Waals surface area contributed by atoms with E-state index in [0.717, 1.165) is 0 Å². The predicted octanol–water partition coefficient (Wildman–Crippen LogP) is 4.26. The first-order valence-electron chi connectivity index (χ1n) is 5.45. The van der Waals surface area contributed by atoms with Crippen molar-refractivity contribution < 1.29 is 39.9 Å². The van der Waals surface area contributed by atoms with E-state index < -0.39 is 47.9 Å². The summed E-state index contributed by atoms with van der Waals surface area (Å²) in [7, 11) is 0. The molecule has 0 N–H and O–H groups in total. The van der Waals surface area contributed by atoms with Crippen LogP contribution in [0, 0.1) is 0 Å². The lowest BCUT2D eigenvalue weighted by Crippen LogP contribution is -2.53. The third-order valence-corrected chi connectivity index (χ3v) is 3.36. The van der Waals surface area contributed by atoms with Gasteiger partial charge in [-0.3, -0.25) is 4.79 Å². The van der Waals surface area contributed by atoms with Crippen molar-refractivity contribution in [2.24, 2.45) is 0 Å². The van der Waals surface area contributed by atoms with Crippen molar-refractivity contribution in [3.8, 4) is 0 Å². The van der Waals surface area contributed by atoms with Crippen LogP contribution in [0.1, 0.15) is 19.8 Å². The largest absolute Gasteiger partial charge is 0.343 e. The molecule has 10 heteroatoms. The van der Waals surface area contributed by atoms with Crippen LogP contribution < -0.4 is 0 Å². The molecule has 0 aromatic carbocycles. The molecular weight excluding hydrogens is 320 g/mol. The van der Waals surface area contributed by atoms with E-state index in [1.54, 1.807) is 0 Å². The molecule has 0 aliphatic rings. The highest BCUT2D eigenvalue weighted by atomic mass is 32.2. The second-order valence-corrected chi connectivity index (χ2v) is 4.99. The van der Waals surface area contributed by atoms with Gasteiger partial charge in [0.2, 0.25) is 6.17 Å². The van der Waals surface area contributed by atoms with Gasteiger partial charge in [-0.25, -0.2) is 17.6 Å². The maximum atomic E-state index is 13.1. The molecule has 0 aliphatic heterocycles. The van der Waals surface area contributed by atoms with Crippen molar-refractivity contribution in [3.63, 3.8) is 0 Å². The number of halogens is 8. The Hall–Kier alpha value is -0.540. The first-order valence-corrected chi connectivity index (χ1v) is 6.43. The summed E-state index contributed by atoms with van der Waals surface area (Å²) in [6, 6.07) is 0. The summed E-state index contributed by atoms with van der Waals surface area (Å²) in [5.41, 5.74) is 0. The van der Waals surface area contributed by atoms with Crippen molar-refractivity contribution >= 4 is 16.9 Å². The van der Waals surface area contributed by atoms with E-state index >= 15 is 0 Å². The molecule has 2 unspecified atom stereocenters. The molecule has 0 bridgehead atoms. The highest BCUT2D eigenvalue weighted by molar-refractivity contribution is 8.13. The normalized spacial score (nSPS) is 16.3. The fourth-order valence-corrected chi connectivity index (χ4v) is 1.85. The van der Waals surface area contributed by atoms with E-state index in [-0.39, 0.29) is 6.42 Å². The van der Waals surface area contributed by atoms with E-state index in [1.165, 1.54) is 6.92 Å². The molecule has 0 aromatic rings. The van der Waals surface area contributed by atoms with Crippen LogP contribution >= 0.6 is 11.8 Å². The van der Waals surface area contributed by atoms with Crippen LogP contribution in [0.5, 0.6) is 0 Å². The fourth-order valence-electron chi connectivity index (χ4n) is 1.10. The molecule has 0 rings (SSSR count). The molecule has 20 heavy (non-hydrogen) atoms. The monoisotopic (exact) mass is 332 g/mol. The molecule has 0 aliphatic carbocycles. The summed E-state index contributed by atoms with van der Waals surface area (Å²) >= 11 is 0.476.